The molecule has 0 spiro atoms. The molecular formula is C14H23NO3S2. The molecule has 1 aliphatic rings. The molecule has 6 heteroatoms. The Bertz CT molecular complexity index is 536. The summed E-state index contributed by atoms with van der Waals surface area (Å²) in [6.45, 7) is 6.79. The molecule has 2 heterocycles. The van der Waals surface area contributed by atoms with E-state index in [1.165, 1.54) is 4.88 Å². The van der Waals surface area contributed by atoms with Gasteiger partial charge in [-0.15, -0.1) is 11.3 Å². The smallest absolute Gasteiger partial charge is 0.216 e. The van der Waals surface area contributed by atoms with Crippen LogP contribution in [-0.2, 0) is 14.8 Å². The number of hydrogen-bond donors (Lipinski definition) is 0. The third kappa shape index (κ3) is 3.81. The maximum atomic E-state index is 12.5. The van der Waals surface area contributed by atoms with E-state index in [1.54, 1.807) is 15.6 Å². The first kappa shape index (κ1) is 15.9. The van der Waals surface area contributed by atoms with Crippen LogP contribution in [0.5, 0.6) is 0 Å². The highest BCUT2D eigenvalue weighted by atomic mass is 32.2. The van der Waals surface area contributed by atoms with Crippen molar-refractivity contribution < 1.29 is 13.2 Å². The summed E-state index contributed by atoms with van der Waals surface area (Å²) < 4.78 is 32.0. The van der Waals surface area contributed by atoms with Crippen LogP contribution < -0.4 is 0 Å². The first-order chi connectivity index (χ1) is 9.40. The average Bonchev–Trinajstić information content (AvgIpc) is 2.95. The molecule has 0 saturated carbocycles. The van der Waals surface area contributed by atoms with E-state index in [9.17, 15) is 8.42 Å². The van der Waals surface area contributed by atoms with Gasteiger partial charge in [0.05, 0.1) is 24.5 Å². The van der Waals surface area contributed by atoms with Gasteiger partial charge in [0, 0.05) is 16.3 Å². The zero-order valence-corrected chi connectivity index (χ0v) is 14.0. The number of nitrogens with zero attached hydrogens (tertiary/aromatic N) is 1. The predicted octanol–water partition coefficient (Wildman–Crippen LogP) is 2.95. The van der Waals surface area contributed by atoms with E-state index in [0.29, 0.717) is 6.54 Å². The molecule has 1 saturated heterocycles. The van der Waals surface area contributed by atoms with Gasteiger partial charge in [-0.25, -0.2) is 8.42 Å². The molecule has 0 aliphatic carbocycles. The zero-order chi connectivity index (χ0) is 14.8. The Hall–Kier alpha value is -0.430. The summed E-state index contributed by atoms with van der Waals surface area (Å²) in [7, 11) is -3.23. The van der Waals surface area contributed by atoms with Gasteiger partial charge in [0.25, 0.3) is 0 Å². The SMILES string of the molecule is Cc1ccc(C2CCCN2S(=O)(=O)CCOC(C)C)s1. The fourth-order valence-electron chi connectivity index (χ4n) is 2.50. The van der Waals surface area contributed by atoms with Crippen LogP contribution in [0.3, 0.4) is 0 Å². The average molecular weight is 317 g/mol. The van der Waals surface area contributed by atoms with Gasteiger partial charge in [-0.2, -0.15) is 4.31 Å². The molecule has 0 aromatic carbocycles. The summed E-state index contributed by atoms with van der Waals surface area (Å²) in [4.78, 5) is 2.39. The van der Waals surface area contributed by atoms with Crippen LogP contribution in [0, 0.1) is 6.92 Å². The number of rotatable bonds is 6. The number of thiophene rings is 1. The second-order valence-corrected chi connectivity index (χ2v) is 8.81. The molecule has 0 bridgehead atoms. The number of ether oxygens (including phenoxy) is 1. The summed E-state index contributed by atoms with van der Waals surface area (Å²) in [5.74, 6) is 0.0754. The second kappa shape index (κ2) is 6.56. The molecule has 1 fully saturated rings. The molecule has 1 aromatic rings. The minimum absolute atomic E-state index is 0.0257. The lowest BCUT2D eigenvalue weighted by Gasteiger charge is -2.23. The van der Waals surface area contributed by atoms with Crippen LogP contribution in [0.1, 0.15) is 42.5 Å². The lowest BCUT2D eigenvalue weighted by Crippen LogP contribution is -2.34. The van der Waals surface area contributed by atoms with E-state index >= 15 is 0 Å². The molecule has 4 nitrogen and oxygen atoms in total. The van der Waals surface area contributed by atoms with Crippen LogP contribution in [-0.4, -0.2) is 37.7 Å². The molecule has 1 aromatic heterocycles. The zero-order valence-electron chi connectivity index (χ0n) is 12.3. The Kier molecular flexibility index (Phi) is 5.23. The van der Waals surface area contributed by atoms with Crippen LogP contribution in [0.2, 0.25) is 0 Å². The van der Waals surface area contributed by atoms with Crippen molar-refractivity contribution in [3.05, 3.63) is 21.9 Å². The normalized spacial score (nSPS) is 20.9. The highest BCUT2D eigenvalue weighted by Gasteiger charge is 2.35. The fraction of sp³-hybridized carbons (Fsp3) is 0.714. The van der Waals surface area contributed by atoms with Crippen molar-refractivity contribution in [3.63, 3.8) is 0 Å². The summed E-state index contributed by atoms with van der Waals surface area (Å²) >= 11 is 1.70. The topological polar surface area (TPSA) is 46.6 Å². The highest BCUT2D eigenvalue weighted by Crippen LogP contribution is 2.37. The van der Waals surface area contributed by atoms with Crippen LogP contribution >= 0.6 is 11.3 Å². The van der Waals surface area contributed by atoms with Crippen LogP contribution in [0.25, 0.3) is 0 Å². The molecule has 0 N–H and O–H groups in total. The van der Waals surface area contributed by atoms with E-state index < -0.39 is 10.0 Å². The Morgan fingerprint density at radius 3 is 2.80 bits per heavy atom. The maximum absolute atomic E-state index is 12.5. The van der Waals surface area contributed by atoms with E-state index in [0.717, 1.165) is 17.7 Å². The Balaban J connectivity index is 2.06. The van der Waals surface area contributed by atoms with Crippen molar-refractivity contribution in [2.45, 2.75) is 45.8 Å². The van der Waals surface area contributed by atoms with Crippen molar-refractivity contribution in [2.75, 3.05) is 18.9 Å². The quantitative estimate of drug-likeness (QED) is 0.810. The molecule has 1 unspecified atom stereocenters. The first-order valence-corrected chi connectivity index (χ1v) is 9.50. The predicted molar refractivity (Wildman–Crippen MR) is 82.6 cm³/mol. The van der Waals surface area contributed by atoms with Crippen molar-refractivity contribution in [1.82, 2.24) is 4.31 Å². The van der Waals surface area contributed by atoms with E-state index in [4.69, 9.17) is 4.74 Å². The first-order valence-electron chi connectivity index (χ1n) is 7.07. The molecule has 114 valence electrons. The summed E-state index contributed by atoms with van der Waals surface area (Å²) in [5, 5.41) is 0. The fourth-order valence-corrected chi connectivity index (χ4v) is 5.14. The Morgan fingerprint density at radius 2 is 2.20 bits per heavy atom. The van der Waals surface area contributed by atoms with Gasteiger partial charge in [0.15, 0.2) is 0 Å². The van der Waals surface area contributed by atoms with Gasteiger partial charge >= 0.3 is 0 Å². The maximum Gasteiger partial charge on any atom is 0.216 e. The number of sulfonamides is 1. The summed E-state index contributed by atoms with van der Waals surface area (Å²) in [5.41, 5.74) is 0. The number of aryl methyl sites for hydroxylation is 1. The van der Waals surface area contributed by atoms with Gasteiger partial charge < -0.3 is 4.74 Å². The lowest BCUT2D eigenvalue weighted by molar-refractivity contribution is 0.0906. The van der Waals surface area contributed by atoms with Crippen LogP contribution in [0.4, 0.5) is 0 Å². The van der Waals surface area contributed by atoms with Crippen LogP contribution in [0.15, 0.2) is 12.1 Å². The van der Waals surface area contributed by atoms with Crippen molar-refractivity contribution in [2.24, 2.45) is 0 Å². The van der Waals surface area contributed by atoms with Gasteiger partial charge in [0.2, 0.25) is 10.0 Å². The van der Waals surface area contributed by atoms with Gasteiger partial charge in [-0.05, 0) is 45.7 Å². The Labute approximate surface area is 125 Å². The highest BCUT2D eigenvalue weighted by molar-refractivity contribution is 7.89. The van der Waals surface area contributed by atoms with Gasteiger partial charge in [-0.3, -0.25) is 0 Å². The molecule has 0 amide bonds. The third-order valence-corrected chi connectivity index (χ3v) is 6.38. The van der Waals surface area contributed by atoms with Gasteiger partial charge in [-0.1, -0.05) is 0 Å². The van der Waals surface area contributed by atoms with Crippen molar-refractivity contribution in [3.8, 4) is 0 Å². The summed E-state index contributed by atoms with van der Waals surface area (Å²) in [6.07, 6.45) is 1.93. The standard InChI is InChI=1S/C14H23NO3S2/c1-11(2)18-9-10-20(16,17)15-8-4-5-13(15)14-7-6-12(3)19-14/h6-7,11,13H,4-5,8-10H2,1-3H3. The van der Waals surface area contributed by atoms with E-state index in [2.05, 4.69) is 19.1 Å². The molecule has 0 radical (unpaired) electrons. The molecule has 2 rings (SSSR count). The Morgan fingerprint density at radius 1 is 1.45 bits per heavy atom. The third-order valence-electron chi connectivity index (χ3n) is 3.44. The molecule has 1 atom stereocenters. The summed E-state index contributed by atoms with van der Waals surface area (Å²) in [6, 6.07) is 4.14. The molecule has 20 heavy (non-hydrogen) atoms. The largest absolute Gasteiger partial charge is 0.378 e. The minimum Gasteiger partial charge on any atom is -0.378 e. The van der Waals surface area contributed by atoms with Gasteiger partial charge in [0.1, 0.15) is 0 Å². The lowest BCUT2D eigenvalue weighted by atomic mass is 10.2. The number of hydrogen-bond acceptors (Lipinski definition) is 4. The van der Waals surface area contributed by atoms with E-state index in [1.807, 2.05) is 13.8 Å². The van der Waals surface area contributed by atoms with Crippen molar-refractivity contribution in [1.29, 1.82) is 0 Å². The monoisotopic (exact) mass is 317 g/mol. The molecule has 1 aliphatic heterocycles. The van der Waals surface area contributed by atoms with Crippen molar-refractivity contribution >= 4 is 21.4 Å². The molecular weight excluding hydrogens is 294 g/mol. The second-order valence-electron chi connectivity index (χ2n) is 5.45. The minimum atomic E-state index is -3.23. The van der Waals surface area contributed by atoms with E-state index in [-0.39, 0.29) is 24.5 Å².